The van der Waals surface area contributed by atoms with E-state index in [9.17, 15) is 13.2 Å². The van der Waals surface area contributed by atoms with Crippen molar-refractivity contribution in [2.45, 2.75) is 64.9 Å². The number of nitrogens with zero attached hydrogens (tertiary/aromatic N) is 1. The maximum absolute atomic E-state index is 15.4. The van der Waals surface area contributed by atoms with E-state index in [0.717, 1.165) is 5.69 Å². The van der Waals surface area contributed by atoms with Gasteiger partial charge in [-0.15, -0.1) is 0 Å². The van der Waals surface area contributed by atoms with Gasteiger partial charge in [-0.2, -0.15) is 0 Å². The number of hydrogen-bond acceptors (Lipinski definition) is 5. The van der Waals surface area contributed by atoms with Crippen molar-refractivity contribution < 1.29 is 22.3 Å². The molecular formula is C25H34FN3O4S. The highest BCUT2D eigenvalue weighted by Gasteiger charge is 2.29. The summed E-state index contributed by atoms with van der Waals surface area (Å²) >= 11 is 0. The summed E-state index contributed by atoms with van der Waals surface area (Å²) in [5, 5.41) is 2.65. The van der Waals surface area contributed by atoms with Gasteiger partial charge >= 0.3 is 0 Å². The van der Waals surface area contributed by atoms with Crippen LogP contribution in [-0.4, -0.2) is 44.4 Å². The SMILES string of the molecule is CCc1c(N2C[C@@H](C)O[C@@H](C)C2)ccc(NC(=O)c2ccc(NS(=O)(=O)C(C)(C)C)cc2)c1F. The first-order valence-electron chi connectivity index (χ1n) is 11.5. The predicted octanol–water partition coefficient (Wildman–Crippen LogP) is 4.79. The van der Waals surface area contributed by atoms with Crippen LogP contribution < -0.4 is 14.9 Å². The number of ether oxygens (including phenoxy) is 1. The van der Waals surface area contributed by atoms with Crippen LogP contribution in [0.3, 0.4) is 0 Å². The molecule has 0 saturated carbocycles. The summed E-state index contributed by atoms with van der Waals surface area (Å²) in [7, 11) is -3.58. The molecule has 1 amide bonds. The van der Waals surface area contributed by atoms with E-state index in [0.29, 0.717) is 30.8 Å². The largest absolute Gasteiger partial charge is 0.372 e. The quantitative estimate of drug-likeness (QED) is 0.606. The Labute approximate surface area is 201 Å². The minimum absolute atomic E-state index is 0.0479. The number of benzene rings is 2. The van der Waals surface area contributed by atoms with Crippen molar-refractivity contribution in [3.63, 3.8) is 0 Å². The molecule has 0 aliphatic carbocycles. The van der Waals surface area contributed by atoms with Crippen LogP contribution in [0.4, 0.5) is 21.5 Å². The highest BCUT2D eigenvalue weighted by atomic mass is 32.2. The molecule has 2 N–H and O–H groups in total. The Kier molecular flexibility index (Phi) is 7.57. The summed E-state index contributed by atoms with van der Waals surface area (Å²) < 4.78 is 47.3. The molecule has 0 aromatic heterocycles. The molecule has 0 radical (unpaired) electrons. The van der Waals surface area contributed by atoms with Crippen LogP contribution in [0.1, 0.15) is 57.5 Å². The monoisotopic (exact) mass is 491 g/mol. The molecule has 7 nitrogen and oxygen atoms in total. The zero-order valence-electron chi connectivity index (χ0n) is 20.6. The molecular weight excluding hydrogens is 457 g/mol. The summed E-state index contributed by atoms with van der Waals surface area (Å²) in [6, 6.07) is 9.44. The van der Waals surface area contributed by atoms with Crippen molar-refractivity contribution in [2.24, 2.45) is 0 Å². The van der Waals surface area contributed by atoms with Gasteiger partial charge in [0.2, 0.25) is 10.0 Å². The van der Waals surface area contributed by atoms with Gasteiger partial charge in [-0.1, -0.05) is 6.92 Å². The molecule has 1 saturated heterocycles. The Hall–Kier alpha value is -2.65. The summed E-state index contributed by atoms with van der Waals surface area (Å²) in [6.07, 6.45) is 0.576. The van der Waals surface area contributed by atoms with Crippen molar-refractivity contribution >= 4 is 33.0 Å². The van der Waals surface area contributed by atoms with Crippen LogP contribution in [0.25, 0.3) is 0 Å². The molecule has 34 heavy (non-hydrogen) atoms. The molecule has 0 spiro atoms. The van der Waals surface area contributed by atoms with Crippen molar-refractivity contribution in [1.82, 2.24) is 0 Å². The van der Waals surface area contributed by atoms with Gasteiger partial charge in [-0.25, -0.2) is 12.8 Å². The zero-order chi connectivity index (χ0) is 25.3. The lowest BCUT2D eigenvalue weighted by Gasteiger charge is -2.38. The van der Waals surface area contributed by atoms with E-state index >= 15 is 4.39 Å². The fraction of sp³-hybridized carbons (Fsp3) is 0.480. The molecule has 2 aromatic rings. The fourth-order valence-corrected chi connectivity index (χ4v) is 4.66. The topological polar surface area (TPSA) is 87.7 Å². The highest BCUT2D eigenvalue weighted by Crippen LogP contribution is 2.31. The lowest BCUT2D eigenvalue weighted by Crippen LogP contribution is -2.46. The predicted molar refractivity (Wildman–Crippen MR) is 135 cm³/mol. The van der Waals surface area contributed by atoms with Crippen molar-refractivity contribution in [1.29, 1.82) is 0 Å². The second kappa shape index (κ2) is 9.92. The standard InChI is InChI=1S/C25H34FN3O4S/c1-7-20-22(29-14-16(2)33-17(3)15-29)13-12-21(23(20)26)27-24(30)18-8-10-19(11-9-18)28-34(31,32)25(4,5)6/h8-13,16-17,28H,7,14-15H2,1-6H3,(H,27,30)/t16-,17+. The summed E-state index contributed by atoms with van der Waals surface area (Å²) in [6.45, 7) is 12.0. The Morgan fingerprint density at radius 2 is 1.68 bits per heavy atom. The van der Waals surface area contributed by atoms with E-state index in [1.165, 1.54) is 24.3 Å². The first-order chi connectivity index (χ1) is 15.8. The first-order valence-corrected chi connectivity index (χ1v) is 13.0. The number of sulfonamides is 1. The number of nitrogens with one attached hydrogen (secondary N) is 2. The molecule has 1 aliphatic heterocycles. The van der Waals surface area contributed by atoms with Gasteiger partial charge in [0.1, 0.15) is 0 Å². The van der Waals surface area contributed by atoms with E-state index in [2.05, 4.69) is 14.9 Å². The van der Waals surface area contributed by atoms with Gasteiger partial charge in [0.25, 0.3) is 5.91 Å². The number of carbonyl (C=O) groups is 1. The summed E-state index contributed by atoms with van der Waals surface area (Å²) in [4.78, 5) is 14.9. The molecule has 2 atom stereocenters. The number of anilines is 3. The highest BCUT2D eigenvalue weighted by molar-refractivity contribution is 7.94. The van der Waals surface area contributed by atoms with Crippen LogP contribution in [0.15, 0.2) is 36.4 Å². The van der Waals surface area contributed by atoms with Gasteiger partial charge in [-0.05, 0) is 77.4 Å². The first kappa shape index (κ1) is 26.0. The second-order valence-electron chi connectivity index (χ2n) is 9.69. The number of rotatable bonds is 6. The number of halogens is 1. The number of amides is 1. The van der Waals surface area contributed by atoms with Crippen LogP contribution in [0, 0.1) is 5.82 Å². The lowest BCUT2D eigenvalue weighted by atomic mass is 10.0. The van der Waals surface area contributed by atoms with E-state index < -0.39 is 26.5 Å². The van der Waals surface area contributed by atoms with Crippen LogP contribution in [0.5, 0.6) is 0 Å². The molecule has 186 valence electrons. The van der Waals surface area contributed by atoms with Gasteiger partial charge < -0.3 is 15.0 Å². The Morgan fingerprint density at radius 1 is 1.09 bits per heavy atom. The Balaban J connectivity index is 1.77. The van der Waals surface area contributed by atoms with Crippen LogP contribution >= 0.6 is 0 Å². The lowest BCUT2D eigenvalue weighted by molar-refractivity contribution is -0.00528. The van der Waals surface area contributed by atoms with Gasteiger partial charge in [-0.3, -0.25) is 9.52 Å². The third-order valence-corrected chi connectivity index (χ3v) is 7.90. The van der Waals surface area contributed by atoms with Crippen LogP contribution in [-0.2, 0) is 21.2 Å². The second-order valence-corrected chi connectivity index (χ2v) is 12.1. The van der Waals surface area contributed by atoms with Gasteiger partial charge in [0.15, 0.2) is 5.82 Å². The van der Waals surface area contributed by atoms with E-state index in [1.54, 1.807) is 26.8 Å². The molecule has 1 aliphatic rings. The van der Waals surface area contributed by atoms with Gasteiger partial charge in [0.05, 0.1) is 22.6 Å². The smallest absolute Gasteiger partial charge is 0.255 e. The molecule has 9 heteroatoms. The third-order valence-electron chi connectivity index (χ3n) is 5.79. The van der Waals surface area contributed by atoms with Crippen molar-refractivity contribution in [3.05, 3.63) is 53.3 Å². The Morgan fingerprint density at radius 3 is 2.21 bits per heavy atom. The fourth-order valence-electron chi connectivity index (χ4n) is 3.91. The molecule has 1 heterocycles. The van der Waals surface area contributed by atoms with E-state index in [4.69, 9.17) is 4.74 Å². The van der Waals surface area contributed by atoms with Crippen molar-refractivity contribution in [2.75, 3.05) is 28.0 Å². The molecule has 2 aromatic carbocycles. The average Bonchev–Trinajstić information content (AvgIpc) is 2.73. The summed E-state index contributed by atoms with van der Waals surface area (Å²) in [5.74, 6) is -0.928. The Bertz CT molecular complexity index is 1130. The van der Waals surface area contributed by atoms with Gasteiger partial charge in [0, 0.05) is 35.6 Å². The van der Waals surface area contributed by atoms with E-state index in [1.807, 2.05) is 26.8 Å². The van der Waals surface area contributed by atoms with Crippen LogP contribution in [0.2, 0.25) is 0 Å². The minimum atomic E-state index is -3.58. The minimum Gasteiger partial charge on any atom is -0.372 e. The third kappa shape index (κ3) is 5.70. The maximum Gasteiger partial charge on any atom is 0.255 e. The maximum atomic E-state index is 15.4. The molecule has 0 unspecified atom stereocenters. The normalized spacial score (nSPS) is 19.1. The van der Waals surface area contributed by atoms with E-state index in [-0.39, 0.29) is 23.5 Å². The number of hydrogen-bond donors (Lipinski definition) is 2. The average molecular weight is 492 g/mol. The summed E-state index contributed by atoms with van der Waals surface area (Å²) in [5.41, 5.74) is 2.11. The van der Waals surface area contributed by atoms with Crippen molar-refractivity contribution in [3.8, 4) is 0 Å². The molecule has 0 bridgehead atoms. The molecule has 1 fully saturated rings. The molecule has 3 rings (SSSR count). The zero-order valence-corrected chi connectivity index (χ0v) is 21.4. The number of morpholine rings is 1. The number of carbonyl (C=O) groups excluding carboxylic acids is 1.